The Morgan fingerprint density at radius 1 is 1.64 bits per heavy atom. The van der Waals surface area contributed by atoms with Gasteiger partial charge in [0.1, 0.15) is 12.0 Å². The highest BCUT2D eigenvalue weighted by Crippen LogP contribution is 2.00. The monoisotopic (exact) mass is 152 g/mol. The molecule has 0 spiro atoms. The number of aryl methyl sites for hydroxylation is 1. The zero-order chi connectivity index (χ0) is 8.27. The van der Waals surface area contributed by atoms with E-state index >= 15 is 0 Å². The Hall–Kier alpha value is -1.38. The van der Waals surface area contributed by atoms with Crippen LogP contribution in [-0.2, 0) is 11.2 Å². The van der Waals surface area contributed by atoms with Crippen molar-refractivity contribution in [3.05, 3.63) is 33.9 Å². The molecule has 0 aliphatic carbocycles. The van der Waals surface area contributed by atoms with E-state index in [2.05, 4.69) is 0 Å². The van der Waals surface area contributed by atoms with E-state index in [9.17, 15) is 9.59 Å². The summed E-state index contributed by atoms with van der Waals surface area (Å²) in [6.07, 6.45) is 2.15. The van der Waals surface area contributed by atoms with Crippen molar-refractivity contribution >= 4 is 6.29 Å². The van der Waals surface area contributed by atoms with Crippen LogP contribution in [0.25, 0.3) is 0 Å². The molecule has 58 valence electrons. The SMILES string of the molecule is Cc1occc(=O)c1CC=O. The summed E-state index contributed by atoms with van der Waals surface area (Å²) in [4.78, 5) is 21.1. The molecule has 1 rings (SSSR count). The van der Waals surface area contributed by atoms with Crippen LogP contribution in [0, 0.1) is 6.92 Å². The van der Waals surface area contributed by atoms with Crippen LogP contribution >= 0.6 is 0 Å². The standard InChI is InChI=1S/C8H8O3/c1-6-7(2-4-9)8(10)3-5-11-6/h3-5H,2H2,1H3. The van der Waals surface area contributed by atoms with Gasteiger partial charge >= 0.3 is 0 Å². The molecule has 0 aliphatic heterocycles. The molecule has 0 aromatic carbocycles. The maximum absolute atomic E-state index is 11.0. The van der Waals surface area contributed by atoms with E-state index in [4.69, 9.17) is 4.42 Å². The average molecular weight is 152 g/mol. The summed E-state index contributed by atoms with van der Waals surface area (Å²) in [5, 5.41) is 0. The molecule has 0 bridgehead atoms. The Bertz CT molecular complexity index is 311. The fraction of sp³-hybridized carbons (Fsp3) is 0.250. The first-order valence-corrected chi connectivity index (χ1v) is 3.26. The molecule has 0 saturated heterocycles. The summed E-state index contributed by atoms with van der Waals surface area (Å²) >= 11 is 0. The van der Waals surface area contributed by atoms with Gasteiger partial charge in [-0.25, -0.2) is 0 Å². The van der Waals surface area contributed by atoms with E-state index in [-0.39, 0.29) is 11.8 Å². The van der Waals surface area contributed by atoms with Crippen molar-refractivity contribution in [2.75, 3.05) is 0 Å². The van der Waals surface area contributed by atoms with Crippen molar-refractivity contribution in [2.45, 2.75) is 13.3 Å². The van der Waals surface area contributed by atoms with Crippen LogP contribution in [0.5, 0.6) is 0 Å². The van der Waals surface area contributed by atoms with E-state index in [0.29, 0.717) is 17.6 Å². The van der Waals surface area contributed by atoms with Gasteiger partial charge in [0.15, 0.2) is 5.43 Å². The van der Waals surface area contributed by atoms with E-state index in [0.717, 1.165) is 0 Å². The first kappa shape index (κ1) is 7.72. The topological polar surface area (TPSA) is 47.3 Å². The molecular weight excluding hydrogens is 144 g/mol. The Kier molecular flexibility index (Phi) is 2.21. The third-order valence-corrected chi connectivity index (χ3v) is 1.47. The number of carbonyl (C=O) groups is 1. The van der Waals surface area contributed by atoms with Crippen molar-refractivity contribution in [1.82, 2.24) is 0 Å². The number of hydrogen-bond donors (Lipinski definition) is 0. The van der Waals surface area contributed by atoms with Gasteiger partial charge in [-0.1, -0.05) is 0 Å². The van der Waals surface area contributed by atoms with Crippen LogP contribution in [-0.4, -0.2) is 6.29 Å². The molecule has 1 aromatic heterocycles. The van der Waals surface area contributed by atoms with E-state index < -0.39 is 0 Å². The largest absolute Gasteiger partial charge is 0.469 e. The predicted molar refractivity (Wildman–Crippen MR) is 39.5 cm³/mol. The van der Waals surface area contributed by atoms with Gasteiger partial charge in [-0.05, 0) is 6.92 Å². The number of carbonyl (C=O) groups excluding carboxylic acids is 1. The lowest BCUT2D eigenvalue weighted by atomic mass is 10.2. The molecule has 1 aromatic rings. The van der Waals surface area contributed by atoms with Crippen molar-refractivity contribution in [1.29, 1.82) is 0 Å². The summed E-state index contributed by atoms with van der Waals surface area (Å²) in [5.41, 5.74) is 0.309. The van der Waals surface area contributed by atoms with E-state index in [1.807, 2.05) is 0 Å². The quantitative estimate of drug-likeness (QED) is 0.586. The van der Waals surface area contributed by atoms with Gasteiger partial charge in [0.05, 0.1) is 6.26 Å². The van der Waals surface area contributed by atoms with Gasteiger partial charge in [-0.15, -0.1) is 0 Å². The van der Waals surface area contributed by atoms with E-state index in [1.54, 1.807) is 6.92 Å². The second-order valence-corrected chi connectivity index (χ2v) is 2.19. The van der Waals surface area contributed by atoms with Crippen LogP contribution in [0.4, 0.5) is 0 Å². The molecule has 0 fully saturated rings. The lowest BCUT2D eigenvalue weighted by Crippen LogP contribution is -2.09. The molecule has 3 nitrogen and oxygen atoms in total. The van der Waals surface area contributed by atoms with Crippen molar-refractivity contribution in [3.63, 3.8) is 0 Å². The Balaban J connectivity index is 3.20. The minimum Gasteiger partial charge on any atom is -0.469 e. The Morgan fingerprint density at radius 2 is 2.36 bits per heavy atom. The van der Waals surface area contributed by atoms with Crippen LogP contribution in [0.2, 0.25) is 0 Å². The number of hydrogen-bond acceptors (Lipinski definition) is 3. The maximum Gasteiger partial charge on any atom is 0.188 e. The molecule has 0 atom stereocenters. The molecular formula is C8H8O3. The molecule has 0 radical (unpaired) electrons. The van der Waals surface area contributed by atoms with Gasteiger partial charge in [0, 0.05) is 18.1 Å². The lowest BCUT2D eigenvalue weighted by molar-refractivity contribution is -0.107. The molecule has 0 amide bonds. The van der Waals surface area contributed by atoms with Crippen LogP contribution < -0.4 is 5.43 Å². The summed E-state index contributed by atoms with van der Waals surface area (Å²) in [6.45, 7) is 1.67. The molecule has 1 heterocycles. The highest BCUT2D eigenvalue weighted by molar-refractivity contribution is 5.55. The zero-order valence-electron chi connectivity index (χ0n) is 6.16. The summed E-state index contributed by atoms with van der Waals surface area (Å²) in [6, 6.07) is 1.31. The normalized spacial score (nSPS) is 9.55. The Morgan fingerprint density at radius 3 is 2.91 bits per heavy atom. The van der Waals surface area contributed by atoms with Crippen molar-refractivity contribution in [3.8, 4) is 0 Å². The van der Waals surface area contributed by atoms with Crippen molar-refractivity contribution in [2.24, 2.45) is 0 Å². The highest BCUT2D eigenvalue weighted by atomic mass is 16.3. The van der Waals surface area contributed by atoms with Crippen LogP contribution in [0.15, 0.2) is 21.5 Å². The second-order valence-electron chi connectivity index (χ2n) is 2.19. The molecule has 3 heteroatoms. The summed E-state index contributed by atoms with van der Waals surface area (Å²) in [7, 11) is 0. The molecule has 0 unspecified atom stereocenters. The third kappa shape index (κ3) is 1.55. The maximum atomic E-state index is 11.0. The molecule has 0 saturated carbocycles. The lowest BCUT2D eigenvalue weighted by Gasteiger charge is -1.96. The summed E-state index contributed by atoms with van der Waals surface area (Å²) < 4.78 is 4.93. The minimum absolute atomic E-state index is 0.134. The van der Waals surface area contributed by atoms with Crippen LogP contribution in [0.3, 0.4) is 0 Å². The zero-order valence-corrected chi connectivity index (χ0v) is 6.16. The van der Waals surface area contributed by atoms with Gasteiger partial charge < -0.3 is 9.21 Å². The third-order valence-electron chi connectivity index (χ3n) is 1.47. The van der Waals surface area contributed by atoms with Gasteiger partial charge in [-0.3, -0.25) is 4.79 Å². The Labute approximate surface area is 63.7 Å². The molecule has 0 aliphatic rings. The number of aldehydes is 1. The number of rotatable bonds is 2. The fourth-order valence-electron chi connectivity index (χ4n) is 0.871. The predicted octanol–water partition coefficient (Wildman–Crippen LogP) is 0.690. The molecule has 0 N–H and O–H groups in total. The second kappa shape index (κ2) is 3.14. The summed E-state index contributed by atoms with van der Waals surface area (Å²) in [5.74, 6) is 0.518. The fourth-order valence-corrected chi connectivity index (χ4v) is 0.871. The average Bonchev–Trinajstić information content (AvgIpc) is 1.97. The highest BCUT2D eigenvalue weighted by Gasteiger charge is 2.02. The smallest absolute Gasteiger partial charge is 0.188 e. The van der Waals surface area contributed by atoms with E-state index in [1.165, 1.54) is 12.3 Å². The van der Waals surface area contributed by atoms with Gasteiger partial charge in [0.2, 0.25) is 0 Å². The van der Waals surface area contributed by atoms with Gasteiger partial charge in [-0.2, -0.15) is 0 Å². The first-order chi connectivity index (χ1) is 5.25. The van der Waals surface area contributed by atoms with Gasteiger partial charge in [0.25, 0.3) is 0 Å². The van der Waals surface area contributed by atoms with Crippen molar-refractivity contribution < 1.29 is 9.21 Å². The molecule has 11 heavy (non-hydrogen) atoms. The first-order valence-electron chi connectivity index (χ1n) is 3.26. The minimum atomic E-state index is -0.138. The van der Waals surface area contributed by atoms with Crippen LogP contribution in [0.1, 0.15) is 11.3 Å².